The summed E-state index contributed by atoms with van der Waals surface area (Å²) in [7, 11) is 1.55. The quantitative estimate of drug-likeness (QED) is 0.722. The maximum Gasteiger partial charge on any atom is 0.417 e. The first kappa shape index (κ1) is 16.8. The molecule has 3 rings (SSSR count). The maximum atomic E-state index is 12.8. The lowest BCUT2D eigenvalue weighted by atomic mass is 10.2. The summed E-state index contributed by atoms with van der Waals surface area (Å²) in [5.74, 6) is 0.976. The Morgan fingerprint density at radius 1 is 1.16 bits per heavy atom. The Bertz CT molecular complexity index is 927. The van der Waals surface area contributed by atoms with Gasteiger partial charge in [-0.1, -0.05) is 0 Å². The molecule has 0 bridgehead atoms. The zero-order valence-corrected chi connectivity index (χ0v) is 13.1. The van der Waals surface area contributed by atoms with Crippen LogP contribution in [0, 0.1) is 0 Å². The highest BCUT2D eigenvalue weighted by Crippen LogP contribution is 2.28. The van der Waals surface area contributed by atoms with Gasteiger partial charge >= 0.3 is 6.18 Å². The van der Waals surface area contributed by atoms with Crippen molar-refractivity contribution in [3.63, 3.8) is 0 Å². The number of benzene rings is 1. The summed E-state index contributed by atoms with van der Waals surface area (Å²) in [6, 6.07) is 8.58. The van der Waals surface area contributed by atoms with Gasteiger partial charge in [0.15, 0.2) is 0 Å². The summed E-state index contributed by atoms with van der Waals surface area (Å²) < 4.78 is 49.6. The van der Waals surface area contributed by atoms with Crippen LogP contribution >= 0.6 is 0 Å². The first-order chi connectivity index (χ1) is 11.9. The van der Waals surface area contributed by atoms with E-state index in [9.17, 15) is 18.0 Å². The first-order valence-electron chi connectivity index (χ1n) is 7.23. The van der Waals surface area contributed by atoms with Gasteiger partial charge in [0, 0.05) is 17.8 Å². The van der Waals surface area contributed by atoms with E-state index >= 15 is 0 Å². The molecule has 0 saturated carbocycles. The van der Waals surface area contributed by atoms with Gasteiger partial charge in [0.05, 0.1) is 24.9 Å². The zero-order valence-electron chi connectivity index (χ0n) is 13.1. The molecule has 0 spiro atoms. The Balaban J connectivity index is 1.85. The highest BCUT2D eigenvalue weighted by molar-refractivity contribution is 5.54. The molecule has 0 amide bonds. The Kier molecular flexibility index (Phi) is 4.35. The van der Waals surface area contributed by atoms with Gasteiger partial charge in [0.1, 0.15) is 12.0 Å². The number of aromatic nitrogens is 2. The normalized spacial score (nSPS) is 11.5. The zero-order chi connectivity index (χ0) is 18.0. The number of hydrogen-bond acceptors (Lipinski definition) is 4. The molecular formula is C17H13F3N2O3. The maximum absolute atomic E-state index is 12.8. The van der Waals surface area contributed by atoms with Crippen molar-refractivity contribution < 1.29 is 22.3 Å². The largest absolute Gasteiger partial charge is 0.497 e. The van der Waals surface area contributed by atoms with Gasteiger partial charge < -0.3 is 13.7 Å². The van der Waals surface area contributed by atoms with Gasteiger partial charge in [-0.05, 0) is 30.3 Å². The van der Waals surface area contributed by atoms with Crippen LogP contribution in [0.4, 0.5) is 13.2 Å². The van der Waals surface area contributed by atoms with Crippen molar-refractivity contribution in [2.24, 2.45) is 0 Å². The molecule has 0 fully saturated rings. The summed E-state index contributed by atoms with van der Waals surface area (Å²) in [4.78, 5) is 16.0. The molecule has 1 aromatic carbocycles. The lowest BCUT2D eigenvalue weighted by Gasteiger charge is -2.09. The minimum Gasteiger partial charge on any atom is -0.497 e. The second-order valence-corrected chi connectivity index (χ2v) is 5.25. The third kappa shape index (κ3) is 3.73. The third-order valence-electron chi connectivity index (χ3n) is 3.53. The smallest absolute Gasteiger partial charge is 0.417 e. The SMILES string of the molecule is COc1ccc(-c2nc(Cn3cc(C(F)(F)F)ccc3=O)co2)cc1. The van der Waals surface area contributed by atoms with E-state index in [0.717, 1.165) is 22.9 Å². The van der Waals surface area contributed by atoms with Crippen LogP contribution in [0.15, 0.2) is 58.1 Å². The Morgan fingerprint density at radius 3 is 2.52 bits per heavy atom. The standard InChI is InChI=1S/C17H13F3N2O3/c1-24-14-5-2-11(3-6-14)16-21-13(10-25-16)9-22-8-12(17(18,19)20)4-7-15(22)23/h2-8,10H,9H2,1H3. The Labute approximate surface area is 140 Å². The van der Waals surface area contributed by atoms with E-state index in [2.05, 4.69) is 4.98 Å². The van der Waals surface area contributed by atoms with Crippen molar-refractivity contribution in [1.82, 2.24) is 9.55 Å². The Morgan fingerprint density at radius 2 is 1.88 bits per heavy atom. The molecular weight excluding hydrogens is 337 g/mol. The molecule has 8 heteroatoms. The summed E-state index contributed by atoms with van der Waals surface area (Å²) in [6.45, 7) is -0.123. The average molecular weight is 350 g/mol. The van der Waals surface area contributed by atoms with E-state index in [4.69, 9.17) is 9.15 Å². The third-order valence-corrected chi connectivity index (χ3v) is 3.53. The number of oxazole rings is 1. The molecule has 0 saturated heterocycles. The van der Waals surface area contributed by atoms with E-state index in [1.54, 1.807) is 31.4 Å². The predicted molar refractivity (Wildman–Crippen MR) is 83.3 cm³/mol. The summed E-state index contributed by atoms with van der Waals surface area (Å²) in [6.07, 6.45) is -2.44. The number of methoxy groups -OCH3 is 1. The van der Waals surface area contributed by atoms with E-state index < -0.39 is 17.3 Å². The minimum absolute atomic E-state index is 0.123. The molecule has 130 valence electrons. The highest BCUT2D eigenvalue weighted by Gasteiger charge is 2.31. The number of rotatable bonds is 4. The van der Waals surface area contributed by atoms with Crippen LogP contribution in [-0.2, 0) is 12.7 Å². The van der Waals surface area contributed by atoms with Gasteiger partial charge in [-0.15, -0.1) is 0 Å². The second kappa shape index (κ2) is 6.46. The van der Waals surface area contributed by atoms with Crippen LogP contribution in [0.3, 0.4) is 0 Å². The van der Waals surface area contributed by atoms with Gasteiger partial charge in [-0.3, -0.25) is 4.79 Å². The van der Waals surface area contributed by atoms with Crippen molar-refractivity contribution in [1.29, 1.82) is 0 Å². The predicted octanol–water partition coefficient (Wildman–Crippen LogP) is 3.58. The molecule has 0 radical (unpaired) electrons. The second-order valence-electron chi connectivity index (χ2n) is 5.25. The molecule has 0 atom stereocenters. The van der Waals surface area contributed by atoms with Crippen LogP contribution in [0.5, 0.6) is 5.75 Å². The first-order valence-corrected chi connectivity index (χ1v) is 7.23. The van der Waals surface area contributed by atoms with Crippen molar-refractivity contribution in [2.75, 3.05) is 7.11 Å². The van der Waals surface area contributed by atoms with Gasteiger partial charge in [-0.25, -0.2) is 4.98 Å². The van der Waals surface area contributed by atoms with Crippen molar-refractivity contribution in [3.8, 4) is 17.2 Å². The lowest BCUT2D eigenvalue weighted by Crippen LogP contribution is -2.22. The fourth-order valence-electron chi connectivity index (χ4n) is 2.24. The number of nitrogens with zero attached hydrogens (tertiary/aromatic N) is 2. The molecule has 3 aromatic rings. The lowest BCUT2D eigenvalue weighted by molar-refractivity contribution is -0.138. The average Bonchev–Trinajstić information content (AvgIpc) is 3.04. The molecule has 25 heavy (non-hydrogen) atoms. The van der Waals surface area contributed by atoms with Gasteiger partial charge in [0.25, 0.3) is 5.56 Å². The topological polar surface area (TPSA) is 57.3 Å². The number of ether oxygens (including phenoxy) is 1. The van der Waals surface area contributed by atoms with E-state index in [0.29, 0.717) is 22.9 Å². The molecule has 0 aliphatic heterocycles. The number of halogens is 3. The van der Waals surface area contributed by atoms with E-state index in [-0.39, 0.29) is 6.54 Å². The van der Waals surface area contributed by atoms with Crippen LogP contribution in [0.25, 0.3) is 11.5 Å². The van der Waals surface area contributed by atoms with Crippen molar-refractivity contribution in [2.45, 2.75) is 12.7 Å². The van der Waals surface area contributed by atoms with Crippen LogP contribution in [-0.4, -0.2) is 16.7 Å². The van der Waals surface area contributed by atoms with E-state index in [1.165, 1.54) is 6.26 Å². The summed E-state index contributed by atoms with van der Waals surface area (Å²) in [5.41, 5.74) is -0.427. The molecule has 5 nitrogen and oxygen atoms in total. The molecule has 0 aliphatic rings. The minimum atomic E-state index is -4.52. The van der Waals surface area contributed by atoms with E-state index in [1.807, 2.05) is 0 Å². The van der Waals surface area contributed by atoms with Crippen LogP contribution in [0.1, 0.15) is 11.3 Å². The number of pyridine rings is 1. The molecule has 2 aromatic heterocycles. The fourth-order valence-corrected chi connectivity index (χ4v) is 2.24. The summed E-state index contributed by atoms with van der Waals surface area (Å²) in [5, 5.41) is 0. The molecule has 2 heterocycles. The number of hydrogen-bond donors (Lipinski definition) is 0. The van der Waals surface area contributed by atoms with Crippen LogP contribution < -0.4 is 10.3 Å². The van der Waals surface area contributed by atoms with Crippen LogP contribution in [0.2, 0.25) is 0 Å². The highest BCUT2D eigenvalue weighted by atomic mass is 19.4. The van der Waals surface area contributed by atoms with Crippen molar-refractivity contribution in [3.05, 3.63) is 70.5 Å². The van der Waals surface area contributed by atoms with Gasteiger partial charge in [0.2, 0.25) is 5.89 Å². The van der Waals surface area contributed by atoms with Crippen molar-refractivity contribution >= 4 is 0 Å². The fraction of sp³-hybridized carbons (Fsp3) is 0.176. The number of alkyl halides is 3. The molecule has 0 aliphatic carbocycles. The summed E-state index contributed by atoms with van der Waals surface area (Å²) >= 11 is 0. The molecule has 0 N–H and O–H groups in total. The Hall–Kier alpha value is -3.03. The molecule has 0 unspecified atom stereocenters. The monoisotopic (exact) mass is 350 g/mol. The van der Waals surface area contributed by atoms with Gasteiger partial charge in [-0.2, -0.15) is 13.2 Å².